The summed E-state index contributed by atoms with van der Waals surface area (Å²) in [4.78, 5) is 27.2. The molecule has 0 spiro atoms. The number of hydrogen-bond donors (Lipinski definition) is 0. The molecule has 0 saturated carbocycles. The minimum atomic E-state index is -0.291. The topological polar surface area (TPSA) is 64.4 Å². The van der Waals surface area contributed by atoms with Crippen LogP contribution in [0.25, 0.3) is 0 Å². The molecule has 0 aliphatic carbocycles. The van der Waals surface area contributed by atoms with Crippen molar-refractivity contribution in [3.8, 4) is 0 Å². The van der Waals surface area contributed by atoms with Crippen LogP contribution >= 0.6 is 0 Å². The molecule has 3 saturated heterocycles. The molecular weight excluding hydrogens is 330 g/mol. The van der Waals surface area contributed by atoms with Crippen LogP contribution in [0.1, 0.15) is 29.8 Å². The van der Waals surface area contributed by atoms with E-state index in [9.17, 15) is 9.59 Å². The van der Waals surface area contributed by atoms with Crippen molar-refractivity contribution >= 4 is 17.5 Å². The number of anilines is 1. The molecule has 3 fully saturated rings. The summed E-state index contributed by atoms with van der Waals surface area (Å²) in [6.07, 6.45) is 1.61. The van der Waals surface area contributed by atoms with E-state index in [0.717, 1.165) is 29.8 Å². The van der Waals surface area contributed by atoms with Gasteiger partial charge in [-0.05, 0) is 50.5 Å². The number of amides is 2. The van der Waals surface area contributed by atoms with E-state index in [0.29, 0.717) is 12.2 Å². The third-order valence-electron chi connectivity index (χ3n) is 5.89. The number of aromatic nitrogens is 2. The van der Waals surface area contributed by atoms with Crippen LogP contribution in [0.4, 0.5) is 5.69 Å². The normalized spacial score (nSPS) is 29.7. The van der Waals surface area contributed by atoms with Gasteiger partial charge in [-0.15, -0.1) is 0 Å². The second kappa shape index (κ2) is 5.51. The van der Waals surface area contributed by atoms with E-state index in [2.05, 4.69) is 5.10 Å². The first-order valence-electron chi connectivity index (χ1n) is 9.16. The van der Waals surface area contributed by atoms with Gasteiger partial charge in [0.05, 0.1) is 42.0 Å². The Morgan fingerprint density at radius 1 is 1.08 bits per heavy atom. The summed E-state index contributed by atoms with van der Waals surface area (Å²) in [7, 11) is 0. The lowest BCUT2D eigenvalue weighted by molar-refractivity contribution is -0.124. The van der Waals surface area contributed by atoms with Crippen LogP contribution in [-0.4, -0.2) is 33.8 Å². The van der Waals surface area contributed by atoms with Gasteiger partial charge in [-0.2, -0.15) is 5.10 Å². The molecule has 0 radical (unpaired) electrons. The summed E-state index contributed by atoms with van der Waals surface area (Å²) >= 11 is 0. The summed E-state index contributed by atoms with van der Waals surface area (Å²) in [5.41, 5.74) is 3.75. The van der Waals surface area contributed by atoms with Gasteiger partial charge in [0.1, 0.15) is 0 Å². The zero-order valence-electron chi connectivity index (χ0n) is 14.9. The Kier molecular flexibility index (Phi) is 3.34. The summed E-state index contributed by atoms with van der Waals surface area (Å²) < 4.78 is 7.74. The Bertz CT molecular complexity index is 891. The number of nitrogens with zero attached hydrogens (tertiary/aromatic N) is 3. The molecule has 2 aromatic rings. The molecule has 2 bridgehead atoms. The maximum Gasteiger partial charge on any atom is 0.240 e. The van der Waals surface area contributed by atoms with Crippen LogP contribution in [-0.2, 0) is 20.9 Å². The fourth-order valence-electron chi connectivity index (χ4n) is 4.77. The molecular formula is C20H21N3O3. The smallest absolute Gasteiger partial charge is 0.240 e. The van der Waals surface area contributed by atoms with Gasteiger partial charge in [-0.1, -0.05) is 12.1 Å². The van der Waals surface area contributed by atoms with Crippen LogP contribution in [0.5, 0.6) is 0 Å². The molecule has 3 aliphatic heterocycles. The van der Waals surface area contributed by atoms with E-state index in [1.165, 1.54) is 4.90 Å². The molecule has 1 aromatic carbocycles. The molecule has 26 heavy (non-hydrogen) atoms. The molecule has 0 N–H and O–H groups in total. The summed E-state index contributed by atoms with van der Waals surface area (Å²) in [6, 6.07) is 9.70. The number of fused-ring (bicyclic) bond motifs is 5. The van der Waals surface area contributed by atoms with Gasteiger partial charge in [0.2, 0.25) is 11.8 Å². The number of imide groups is 1. The van der Waals surface area contributed by atoms with Crippen LogP contribution < -0.4 is 4.90 Å². The molecule has 4 atom stereocenters. The molecule has 6 heteroatoms. The largest absolute Gasteiger partial charge is 0.373 e. The lowest BCUT2D eigenvalue weighted by Crippen LogP contribution is -2.34. The number of carbonyl (C=O) groups excluding carboxylic acids is 2. The van der Waals surface area contributed by atoms with Crippen molar-refractivity contribution in [2.45, 2.75) is 45.4 Å². The lowest BCUT2D eigenvalue weighted by atomic mass is 9.81. The number of benzene rings is 1. The van der Waals surface area contributed by atoms with Crippen LogP contribution in [0, 0.1) is 25.7 Å². The fourth-order valence-corrected chi connectivity index (χ4v) is 4.77. The van der Waals surface area contributed by atoms with E-state index < -0.39 is 0 Å². The quantitative estimate of drug-likeness (QED) is 0.796. The zero-order chi connectivity index (χ0) is 18.0. The van der Waals surface area contributed by atoms with Crippen molar-refractivity contribution in [2.75, 3.05) is 4.90 Å². The molecule has 5 rings (SSSR count). The Balaban J connectivity index is 1.45. The SMILES string of the molecule is Cc1cc(C)n(Cc2cccc(N3C(=O)C4C5CCC(O5)C4C3=O)c2)n1. The molecule has 3 aliphatic rings. The first-order chi connectivity index (χ1) is 12.5. The van der Waals surface area contributed by atoms with Crippen molar-refractivity contribution in [3.05, 3.63) is 47.3 Å². The Morgan fingerprint density at radius 3 is 2.38 bits per heavy atom. The average Bonchev–Trinajstić information content (AvgIpc) is 3.34. The van der Waals surface area contributed by atoms with E-state index in [4.69, 9.17) is 4.74 Å². The van der Waals surface area contributed by atoms with E-state index >= 15 is 0 Å². The Labute approximate surface area is 151 Å². The number of aryl methyl sites for hydroxylation is 2. The highest BCUT2D eigenvalue weighted by atomic mass is 16.5. The highest BCUT2D eigenvalue weighted by Gasteiger charge is 2.62. The average molecular weight is 351 g/mol. The van der Waals surface area contributed by atoms with Gasteiger partial charge in [0, 0.05) is 5.69 Å². The standard InChI is InChI=1S/C20H21N3O3/c1-11-8-12(2)22(21-11)10-13-4-3-5-14(9-13)23-19(24)17-15-6-7-16(26-15)18(17)20(23)25/h3-5,8-9,15-18H,6-7,10H2,1-2H3. The predicted octanol–water partition coefficient (Wildman–Crippen LogP) is 2.22. The molecule has 2 amide bonds. The van der Waals surface area contributed by atoms with Gasteiger partial charge in [-0.3, -0.25) is 14.3 Å². The number of ether oxygens (including phenoxy) is 1. The highest BCUT2D eigenvalue weighted by molar-refractivity contribution is 6.22. The highest BCUT2D eigenvalue weighted by Crippen LogP contribution is 2.49. The zero-order valence-corrected chi connectivity index (χ0v) is 14.9. The number of hydrogen-bond acceptors (Lipinski definition) is 4. The second-order valence-corrected chi connectivity index (χ2v) is 7.61. The number of carbonyl (C=O) groups is 2. The molecule has 1 aromatic heterocycles. The van der Waals surface area contributed by atoms with Crippen molar-refractivity contribution in [1.29, 1.82) is 0 Å². The summed E-state index contributed by atoms with van der Waals surface area (Å²) in [6.45, 7) is 4.61. The second-order valence-electron chi connectivity index (χ2n) is 7.61. The third-order valence-corrected chi connectivity index (χ3v) is 5.89. The first-order valence-corrected chi connectivity index (χ1v) is 9.16. The first kappa shape index (κ1) is 15.8. The molecule has 4 unspecified atom stereocenters. The van der Waals surface area contributed by atoms with E-state index in [1.54, 1.807) is 0 Å². The maximum atomic E-state index is 12.9. The minimum absolute atomic E-state index is 0.0793. The van der Waals surface area contributed by atoms with Crippen molar-refractivity contribution in [3.63, 3.8) is 0 Å². The van der Waals surface area contributed by atoms with Crippen LogP contribution in [0.2, 0.25) is 0 Å². The van der Waals surface area contributed by atoms with Gasteiger partial charge < -0.3 is 4.74 Å². The van der Waals surface area contributed by atoms with Gasteiger partial charge in [0.25, 0.3) is 0 Å². The van der Waals surface area contributed by atoms with E-state index in [1.807, 2.05) is 48.9 Å². The monoisotopic (exact) mass is 351 g/mol. The van der Waals surface area contributed by atoms with Crippen LogP contribution in [0.15, 0.2) is 30.3 Å². The van der Waals surface area contributed by atoms with Gasteiger partial charge >= 0.3 is 0 Å². The lowest BCUT2D eigenvalue weighted by Gasteiger charge is -2.18. The third kappa shape index (κ3) is 2.18. The molecule has 134 valence electrons. The van der Waals surface area contributed by atoms with Crippen molar-refractivity contribution in [1.82, 2.24) is 9.78 Å². The van der Waals surface area contributed by atoms with Crippen molar-refractivity contribution in [2.24, 2.45) is 11.8 Å². The Morgan fingerprint density at radius 2 is 1.77 bits per heavy atom. The van der Waals surface area contributed by atoms with E-state index in [-0.39, 0.29) is 35.9 Å². The fraction of sp³-hybridized carbons (Fsp3) is 0.450. The maximum absolute atomic E-state index is 12.9. The summed E-state index contributed by atoms with van der Waals surface area (Å²) in [5.74, 6) is -0.784. The van der Waals surface area contributed by atoms with Gasteiger partial charge in [0.15, 0.2) is 0 Å². The van der Waals surface area contributed by atoms with Crippen LogP contribution in [0.3, 0.4) is 0 Å². The molecule has 4 heterocycles. The van der Waals surface area contributed by atoms with Crippen molar-refractivity contribution < 1.29 is 14.3 Å². The van der Waals surface area contributed by atoms with Gasteiger partial charge in [-0.25, -0.2) is 4.90 Å². The summed E-state index contributed by atoms with van der Waals surface area (Å²) in [5, 5.41) is 4.49. The number of rotatable bonds is 3. The predicted molar refractivity (Wildman–Crippen MR) is 94.6 cm³/mol. The minimum Gasteiger partial charge on any atom is -0.373 e. The Hall–Kier alpha value is -2.47. The molecule has 6 nitrogen and oxygen atoms in total.